The number of nitrogens with zero attached hydrogens (tertiary/aromatic N) is 3. The van der Waals surface area contributed by atoms with Gasteiger partial charge in [0.25, 0.3) is 5.56 Å². The third kappa shape index (κ3) is 2.30. The summed E-state index contributed by atoms with van der Waals surface area (Å²) in [6, 6.07) is 4.74. The molecule has 0 spiro atoms. The molecule has 2 aromatic heterocycles. The smallest absolute Gasteiger partial charge is 0.343 e. The first-order valence-electron chi connectivity index (χ1n) is 10.3. The summed E-state index contributed by atoms with van der Waals surface area (Å²) in [6.45, 7) is 2.38. The fourth-order valence-electron chi connectivity index (χ4n) is 4.82. The molecule has 1 aromatic carbocycles. The number of hydrogen-bond acceptors (Lipinski definition) is 8. The van der Waals surface area contributed by atoms with E-state index in [0.29, 0.717) is 41.2 Å². The number of carbonyl (C=O) groups excluding carboxylic acids is 1. The Bertz CT molecular complexity index is 1420. The number of hydrazine groups is 1. The maximum absolute atomic E-state index is 14.8. The number of esters is 1. The molecule has 0 radical (unpaired) electrons. The Labute approximate surface area is 180 Å². The number of cyclic esters (lactones) is 1. The van der Waals surface area contributed by atoms with Gasteiger partial charge in [0.1, 0.15) is 18.9 Å². The van der Waals surface area contributed by atoms with Gasteiger partial charge in [-0.1, -0.05) is 6.92 Å². The van der Waals surface area contributed by atoms with E-state index in [-0.39, 0.29) is 41.9 Å². The number of ether oxygens (including phenoxy) is 2. The minimum Gasteiger partial charge on any atom is -0.489 e. The first kappa shape index (κ1) is 19.2. The lowest BCUT2D eigenvalue weighted by atomic mass is 9.86. The van der Waals surface area contributed by atoms with Crippen LogP contribution in [0.25, 0.3) is 22.3 Å². The maximum Gasteiger partial charge on any atom is 0.343 e. The molecule has 9 nitrogen and oxygen atoms in total. The van der Waals surface area contributed by atoms with E-state index in [2.05, 4.69) is 4.98 Å². The van der Waals surface area contributed by atoms with E-state index in [1.165, 1.54) is 15.6 Å². The van der Waals surface area contributed by atoms with Crippen LogP contribution in [-0.2, 0) is 28.3 Å². The van der Waals surface area contributed by atoms with Crippen LogP contribution >= 0.6 is 0 Å². The molecule has 0 saturated carbocycles. The van der Waals surface area contributed by atoms with Crippen LogP contribution in [-0.4, -0.2) is 33.8 Å². The number of aliphatic hydroxyl groups is 1. The number of fused-ring (bicyclic) bond motifs is 7. The van der Waals surface area contributed by atoms with Gasteiger partial charge in [-0.25, -0.2) is 20.0 Å². The fourth-order valence-corrected chi connectivity index (χ4v) is 4.82. The number of halogens is 1. The molecule has 0 unspecified atom stereocenters. The van der Waals surface area contributed by atoms with Crippen LogP contribution in [0.1, 0.15) is 30.0 Å². The van der Waals surface area contributed by atoms with Gasteiger partial charge in [-0.3, -0.25) is 4.79 Å². The number of aromatic nitrogens is 2. The van der Waals surface area contributed by atoms with Gasteiger partial charge in [0.15, 0.2) is 17.2 Å². The van der Waals surface area contributed by atoms with Crippen molar-refractivity contribution >= 4 is 22.6 Å². The van der Waals surface area contributed by atoms with E-state index in [9.17, 15) is 19.1 Å². The summed E-state index contributed by atoms with van der Waals surface area (Å²) in [4.78, 5) is 30.1. The first-order valence-corrected chi connectivity index (χ1v) is 10.3. The highest BCUT2D eigenvalue weighted by Crippen LogP contribution is 2.43. The Morgan fingerprint density at radius 2 is 2.09 bits per heavy atom. The summed E-state index contributed by atoms with van der Waals surface area (Å²) in [5.41, 5.74) is 0.484. The minimum atomic E-state index is -1.90. The standard InChI is InChI=1S/C22H19FN4O5/c1-2-22(30)13-6-16-17-10(8-26(16)20(28)12(13)9-32-21(22)29)5-11-15(25-17)7-14(23)18-19(11)31-4-3-27(18)24/h5-7,30H,2-4,8-9,24H2,1H3/t22-/m0/s1. The van der Waals surface area contributed by atoms with E-state index in [0.717, 1.165) is 5.56 Å². The summed E-state index contributed by atoms with van der Waals surface area (Å²) in [5.74, 6) is 4.94. The van der Waals surface area contributed by atoms with Gasteiger partial charge < -0.3 is 24.2 Å². The number of nitrogens with two attached hydrogens (primary N) is 1. The molecule has 3 aliphatic heterocycles. The number of anilines is 1. The average molecular weight is 438 g/mol. The zero-order valence-corrected chi connectivity index (χ0v) is 17.1. The Kier molecular flexibility index (Phi) is 3.76. The fraction of sp³-hybridized carbons (Fsp3) is 0.318. The lowest BCUT2D eigenvalue weighted by molar-refractivity contribution is -0.172. The van der Waals surface area contributed by atoms with Crippen molar-refractivity contribution in [2.24, 2.45) is 5.84 Å². The highest BCUT2D eigenvalue weighted by molar-refractivity contribution is 5.94. The van der Waals surface area contributed by atoms with Gasteiger partial charge in [0, 0.05) is 22.6 Å². The number of carbonyl (C=O) groups is 1. The Morgan fingerprint density at radius 3 is 2.88 bits per heavy atom. The molecule has 0 amide bonds. The summed E-state index contributed by atoms with van der Waals surface area (Å²) < 4.78 is 27.1. The zero-order valence-electron chi connectivity index (χ0n) is 17.1. The SMILES string of the molecule is CC[C@@]1(O)C(=O)OCc2c1cc1n(c2=O)Cc2cc3c4c(c(F)cc3nc2-1)N(N)CCO4. The normalized spacial score (nSPS) is 20.9. The van der Waals surface area contributed by atoms with Gasteiger partial charge in [-0.2, -0.15) is 0 Å². The predicted octanol–water partition coefficient (Wildman–Crippen LogP) is 1.29. The monoisotopic (exact) mass is 438 g/mol. The molecule has 10 heteroatoms. The van der Waals surface area contributed by atoms with Crippen molar-refractivity contribution in [1.82, 2.24) is 9.55 Å². The molecule has 3 N–H and O–H groups in total. The molecule has 0 fully saturated rings. The quantitative estimate of drug-likeness (QED) is 0.337. The van der Waals surface area contributed by atoms with Crippen LogP contribution in [0.2, 0.25) is 0 Å². The van der Waals surface area contributed by atoms with Crippen LogP contribution in [0.15, 0.2) is 23.0 Å². The molecular weight excluding hydrogens is 419 g/mol. The Morgan fingerprint density at radius 1 is 1.28 bits per heavy atom. The summed E-state index contributed by atoms with van der Waals surface area (Å²) in [7, 11) is 0. The van der Waals surface area contributed by atoms with Gasteiger partial charge in [-0.05, 0) is 18.6 Å². The van der Waals surface area contributed by atoms with Crippen LogP contribution in [0.4, 0.5) is 10.1 Å². The average Bonchev–Trinajstić information content (AvgIpc) is 3.13. The number of hydrogen-bond donors (Lipinski definition) is 2. The third-order valence-corrected chi connectivity index (χ3v) is 6.56. The largest absolute Gasteiger partial charge is 0.489 e. The van der Waals surface area contributed by atoms with Crippen molar-refractivity contribution in [3.63, 3.8) is 0 Å². The second kappa shape index (κ2) is 6.27. The second-order valence-electron chi connectivity index (χ2n) is 8.24. The molecule has 32 heavy (non-hydrogen) atoms. The zero-order chi connectivity index (χ0) is 22.4. The molecular formula is C22H19FN4O5. The van der Waals surface area contributed by atoms with Gasteiger partial charge in [0.05, 0.1) is 35.6 Å². The minimum absolute atomic E-state index is 0.0595. The first-order chi connectivity index (χ1) is 15.3. The highest BCUT2D eigenvalue weighted by atomic mass is 19.1. The molecule has 5 heterocycles. The van der Waals surface area contributed by atoms with Gasteiger partial charge >= 0.3 is 5.97 Å². The molecule has 0 bridgehead atoms. The molecule has 1 atom stereocenters. The van der Waals surface area contributed by atoms with Crippen molar-refractivity contribution in [3.05, 3.63) is 51.1 Å². The van der Waals surface area contributed by atoms with Crippen molar-refractivity contribution in [2.45, 2.75) is 32.1 Å². The van der Waals surface area contributed by atoms with Crippen molar-refractivity contribution in [2.75, 3.05) is 18.2 Å². The summed E-state index contributed by atoms with van der Waals surface area (Å²) in [6.07, 6.45) is 0.0595. The summed E-state index contributed by atoms with van der Waals surface area (Å²) >= 11 is 0. The van der Waals surface area contributed by atoms with Gasteiger partial charge in [-0.15, -0.1) is 0 Å². The van der Waals surface area contributed by atoms with Crippen LogP contribution in [0.3, 0.4) is 0 Å². The maximum atomic E-state index is 14.8. The molecule has 6 rings (SSSR count). The van der Waals surface area contributed by atoms with E-state index in [4.69, 9.17) is 15.3 Å². The topological polar surface area (TPSA) is 120 Å². The van der Waals surface area contributed by atoms with Crippen molar-refractivity contribution in [1.29, 1.82) is 0 Å². The lowest BCUT2D eigenvalue weighted by Gasteiger charge is -2.31. The van der Waals surface area contributed by atoms with E-state index < -0.39 is 17.4 Å². The van der Waals surface area contributed by atoms with Crippen LogP contribution in [0.5, 0.6) is 5.75 Å². The van der Waals surface area contributed by atoms with E-state index in [1.807, 2.05) is 6.07 Å². The highest BCUT2D eigenvalue weighted by Gasteiger charge is 2.45. The Balaban J connectivity index is 1.61. The van der Waals surface area contributed by atoms with E-state index in [1.54, 1.807) is 13.0 Å². The van der Waals surface area contributed by atoms with Crippen LogP contribution in [0, 0.1) is 5.82 Å². The number of pyridine rings is 2. The van der Waals surface area contributed by atoms with Crippen LogP contribution < -0.4 is 21.1 Å². The molecule has 0 saturated heterocycles. The summed E-state index contributed by atoms with van der Waals surface area (Å²) in [5, 5.41) is 12.9. The number of benzene rings is 1. The predicted molar refractivity (Wildman–Crippen MR) is 112 cm³/mol. The van der Waals surface area contributed by atoms with E-state index >= 15 is 0 Å². The number of rotatable bonds is 1. The lowest BCUT2D eigenvalue weighted by Crippen LogP contribution is -2.44. The van der Waals surface area contributed by atoms with Crippen molar-refractivity contribution in [3.8, 4) is 17.1 Å². The molecule has 3 aliphatic rings. The third-order valence-electron chi connectivity index (χ3n) is 6.56. The Hall–Kier alpha value is -3.50. The molecule has 0 aliphatic carbocycles. The molecule has 164 valence electrons. The van der Waals surface area contributed by atoms with Crippen molar-refractivity contribution < 1.29 is 23.8 Å². The second-order valence-corrected chi connectivity index (χ2v) is 8.24. The molecule has 3 aromatic rings. The van der Waals surface area contributed by atoms with Gasteiger partial charge in [0.2, 0.25) is 0 Å².